The van der Waals surface area contributed by atoms with Crippen LogP contribution in [0.15, 0.2) is 42.5 Å². The monoisotopic (exact) mass is 389 g/mol. The number of nitrogens with one attached hydrogen (secondary N) is 1. The van der Waals surface area contributed by atoms with Gasteiger partial charge in [-0.25, -0.2) is 4.39 Å². The highest BCUT2D eigenvalue weighted by molar-refractivity contribution is 6.33. The SMILES string of the molecule is O=C(C[C@@H](C(=O)O)c1ccc(F)cc1)Nc1ccc(C(F)(F)F)cc1Cl. The Bertz CT molecular complexity index is 822. The molecule has 0 aliphatic carbocycles. The lowest BCUT2D eigenvalue weighted by Crippen LogP contribution is -2.21. The Hall–Kier alpha value is -2.61. The minimum absolute atomic E-state index is 0.0760. The molecule has 0 heterocycles. The van der Waals surface area contributed by atoms with E-state index in [2.05, 4.69) is 5.32 Å². The van der Waals surface area contributed by atoms with Gasteiger partial charge in [0.2, 0.25) is 5.91 Å². The molecule has 2 aromatic carbocycles. The zero-order valence-electron chi connectivity index (χ0n) is 13.0. The number of benzene rings is 2. The average molecular weight is 390 g/mol. The molecule has 0 aromatic heterocycles. The van der Waals surface area contributed by atoms with E-state index in [0.29, 0.717) is 6.07 Å². The third-order valence-corrected chi connectivity index (χ3v) is 3.84. The number of anilines is 1. The van der Waals surface area contributed by atoms with Gasteiger partial charge in [0.1, 0.15) is 5.82 Å². The van der Waals surface area contributed by atoms with Crippen LogP contribution in [0.25, 0.3) is 0 Å². The Balaban J connectivity index is 2.13. The smallest absolute Gasteiger partial charge is 0.416 e. The summed E-state index contributed by atoms with van der Waals surface area (Å²) in [6, 6.07) is 7.00. The minimum atomic E-state index is -4.58. The maximum absolute atomic E-state index is 12.9. The highest BCUT2D eigenvalue weighted by Crippen LogP contribution is 2.34. The lowest BCUT2D eigenvalue weighted by Gasteiger charge is -2.14. The summed E-state index contributed by atoms with van der Waals surface area (Å²) in [6.45, 7) is 0. The van der Waals surface area contributed by atoms with Gasteiger partial charge in [-0.1, -0.05) is 23.7 Å². The molecule has 4 nitrogen and oxygen atoms in total. The second-order valence-electron chi connectivity index (χ2n) is 5.39. The summed E-state index contributed by atoms with van der Waals surface area (Å²) in [5.74, 6) is -3.86. The number of amides is 1. The van der Waals surface area contributed by atoms with Crippen molar-refractivity contribution in [3.05, 3.63) is 64.4 Å². The maximum atomic E-state index is 12.9. The number of carboxylic acids is 1. The summed E-state index contributed by atoms with van der Waals surface area (Å²) in [7, 11) is 0. The highest BCUT2D eigenvalue weighted by Gasteiger charge is 2.31. The number of rotatable bonds is 5. The fourth-order valence-corrected chi connectivity index (χ4v) is 2.45. The van der Waals surface area contributed by atoms with Crippen molar-refractivity contribution in [2.45, 2.75) is 18.5 Å². The lowest BCUT2D eigenvalue weighted by atomic mass is 9.95. The number of hydrogen-bond acceptors (Lipinski definition) is 2. The van der Waals surface area contributed by atoms with E-state index < -0.39 is 41.8 Å². The molecule has 1 amide bonds. The van der Waals surface area contributed by atoms with Crippen molar-refractivity contribution in [2.24, 2.45) is 0 Å². The molecule has 0 bridgehead atoms. The van der Waals surface area contributed by atoms with Crippen molar-refractivity contribution >= 4 is 29.2 Å². The van der Waals surface area contributed by atoms with E-state index in [9.17, 15) is 32.3 Å². The molecule has 1 atom stereocenters. The third kappa shape index (κ3) is 4.95. The summed E-state index contributed by atoms with van der Waals surface area (Å²) in [4.78, 5) is 23.4. The summed E-state index contributed by atoms with van der Waals surface area (Å²) >= 11 is 5.74. The topological polar surface area (TPSA) is 66.4 Å². The number of halogens is 5. The molecule has 2 N–H and O–H groups in total. The fraction of sp³-hybridized carbons (Fsp3) is 0.176. The molecular formula is C17H12ClF4NO3. The molecule has 2 aromatic rings. The first kappa shape index (κ1) is 19.7. The minimum Gasteiger partial charge on any atom is -0.481 e. The number of carbonyl (C=O) groups excluding carboxylic acids is 1. The van der Waals surface area contributed by atoms with Gasteiger partial charge < -0.3 is 10.4 Å². The zero-order valence-corrected chi connectivity index (χ0v) is 13.7. The number of carbonyl (C=O) groups is 2. The standard InChI is InChI=1S/C17H12ClF4NO3/c18-13-7-10(17(20,21)22)3-6-14(13)23-15(24)8-12(16(25)26)9-1-4-11(19)5-2-9/h1-7,12H,8H2,(H,23,24)(H,25,26)/t12-/m1/s1. The van der Waals surface area contributed by atoms with Gasteiger partial charge in [0, 0.05) is 6.42 Å². The van der Waals surface area contributed by atoms with Crippen LogP contribution in [0.4, 0.5) is 23.2 Å². The average Bonchev–Trinajstić information content (AvgIpc) is 2.54. The molecule has 26 heavy (non-hydrogen) atoms. The van der Waals surface area contributed by atoms with Crippen molar-refractivity contribution in [1.29, 1.82) is 0 Å². The molecule has 0 saturated carbocycles. The molecule has 0 radical (unpaired) electrons. The van der Waals surface area contributed by atoms with Gasteiger partial charge in [0.25, 0.3) is 0 Å². The molecule has 2 rings (SSSR count). The van der Waals surface area contributed by atoms with Gasteiger partial charge in [-0.05, 0) is 35.9 Å². The number of alkyl halides is 3. The van der Waals surface area contributed by atoms with E-state index in [1.54, 1.807) is 0 Å². The lowest BCUT2D eigenvalue weighted by molar-refractivity contribution is -0.140. The van der Waals surface area contributed by atoms with Gasteiger partial charge >= 0.3 is 12.1 Å². The Morgan fingerprint density at radius 2 is 1.73 bits per heavy atom. The van der Waals surface area contributed by atoms with Crippen LogP contribution in [0.3, 0.4) is 0 Å². The van der Waals surface area contributed by atoms with Crippen LogP contribution in [0.2, 0.25) is 5.02 Å². The highest BCUT2D eigenvalue weighted by atomic mass is 35.5. The van der Waals surface area contributed by atoms with Gasteiger partial charge in [-0.3, -0.25) is 9.59 Å². The number of aliphatic carboxylic acids is 1. The molecular weight excluding hydrogens is 378 g/mol. The van der Waals surface area contributed by atoms with Crippen LogP contribution >= 0.6 is 11.6 Å². The van der Waals surface area contributed by atoms with Crippen LogP contribution in [-0.2, 0) is 15.8 Å². The van der Waals surface area contributed by atoms with E-state index in [4.69, 9.17) is 11.6 Å². The molecule has 0 saturated heterocycles. The summed E-state index contributed by atoms with van der Waals surface area (Å²) in [6.07, 6.45) is -5.08. The van der Waals surface area contributed by atoms with Crippen molar-refractivity contribution in [3.8, 4) is 0 Å². The first-order valence-corrected chi connectivity index (χ1v) is 7.60. The molecule has 9 heteroatoms. The van der Waals surface area contributed by atoms with E-state index in [0.717, 1.165) is 24.3 Å². The van der Waals surface area contributed by atoms with Crippen molar-refractivity contribution in [3.63, 3.8) is 0 Å². The molecule has 0 unspecified atom stereocenters. The third-order valence-electron chi connectivity index (χ3n) is 3.53. The van der Waals surface area contributed by atoms with Crippen LogP contribution < -0.4 is 5.32 Å². The Morgan fingerprint density at radius 1 is 1.12 bits per heavy atom. The number of hydrogen-bond donors (Lipinski definition) is 2. The summed E-state index contributed by atoms with van der Waals surface area (Å²) in [5.41, 5.74) is -0.837. The van der Waals surface area contributed by atoms with Crippen molar-refractivity contribution in [1.82, 2.24) is 0 Å². The van der Waals surface area contributed by atoms with Gasteiger partial charge in [-0.15, -0.1) is 0 Å². The number of carboxylic acid groups (broad SMARTS) is 1. The first-order chi connectivity index (χ1) is 12.1. The quantitative estimate of drug-likeness (QED) is 0.729. The summed E-state index contributed by atoms with van der Waals surface area (Å²) < 4.78 is 50.7. The molecule has 0 aliphatic rings. The molecule has 0 spiro atoms. The van der Waals surface area contributed by atoms with E-state index >= 15 is 0 Å². The Morgan fingerprint density at radius 3 is 2.23 bits per heavy atom. The normalized spacial score (nSPS) is 12.5. The van der Waals surface area contributed by atoms with E-state index in [1.165, 1.54) is 12.1 Å². The largest absolute Gasteiger partial charge is 0.481 e. The maximum Gasteiger partial charge on any atom is 0.416 e. The zero-order chi connectivity index (χ0) is 19.5. The van der Waals surface area contributed by atoms with Gasteiger partial charge in [0.15, 0.2) is 0 Å². The molecule has 0 fully saturated rings. The van der Waals surface area contributed by atoms with Crippen LogP contribution in [0, 0.1) is 5.82 Å². The van der Waals surface area contributed by atoms with Gasteiger partial charge in [-0.2, -0.15) is 13.2 Å². The Kier molecular flexibility index (Phi) is 5.86. The van der Waals surface area contributed by atoms with Crippen LogP contribution in [-0.4, -0.2) is 17.0 Å². The predicted octanol–water partition coefficient (Wildman–Crippen LogP) is 4.69. The van der Waals surface area contributed by atoms with Crippen LogP contribution in [0.1, 0.15) is 23.5 Å². The fourth-order valence-electron chi connectivity index (χ4n) is 2.22. The predicted molar refractivity (Wildman–Crippen MR) is 86.5 cm³/mol. The van der Waals surface area contributed by atoms with E-state index in [-0.39, 0.29) is 16.3 Å². The van der Waals surface area contributed by atoms with E-state index in [1.807, 2.05) is 0 Å². The van der Waals surface area contributed by atoms with Crippen molar-refractivity contribution in [2.75, 3.05) is 5.32 Å². The molecule has 0 aliphatic heterocycles. The first-order valence-electron chi connectivity index (χ1n) is 7.23. The van der Waals surface area contributed by atoms with Crippen LogP contribution in [0.5, 0.6) is 0 Å². The Labute approximate surface area is 150 Å². The summed E-state index contributed by atoms with van der Waals surface area (Å²) in [5, 5.41) is 11.2. The van der Waals surface area contributed by atoms with Crippen molar-refractivity contribution < 1.29 is 32.3 Å². The second kappa shape index (κ2) is 7.74. The van der Waals surface area contributed by atoms with Gasteiger partial charge in [0.05, 0.1) is 22.2 Å². The molecule has 138 valence electrons. The second-order valence-corrected chi connectivity index (χ2v) is 5.79.